The van der Waals surface area contributed by atoms with Gasteiger partial charge < -0.3 is 8.94 Å². The second-order valence-corrected chi connectivity index (χ2v) is 9.00. The molecule has 0 unspecified atom stereocenters. The van der Waals surface area contributed by atoms with Crippen LogP contribution in [-0.4, -0.2) is 14.7 Å². The Morgan fingerprint density at radius 3 is 2.58 bits per heavy atom. The summed E-state index contributed by atoms with van der Waals surface area (Å²) in [6.07, 6.45) is 0. The Morgan fingerprint density at radius 1 is 1.10 bits per heavy atom. The van der Waals surface area contributed by atoms with Crippen LogP contribution >= 0.6 is 23.1 Å². The van der Waals surface area contributed by atoms with Crippen LogP contribution in [0.5, 0.6) is 0 Å². The molecule has 0 fully saturated rings. The van der Waals surface area contributed by atoms with E-state index in [0.717, 1.165) is 34.0 Å². The normalized spacial score (nSPS) is 11.5. The highest BCUT2D eigenvalue weighted by Crippen LogP contribution is 2.34. The van der Waals surface area contributed by atoms with E-state index in [2.05, 4.69) is 5.16 Å². The summed E-state index contributed by atoms with van der Waals surface area (Å²) in [5.74, 6) is 2.88. The number of thiophene rings is 1. The number of para-hydroxylation sites is 1. The van der Waals surface area contributed by atoms with Crippen LogP contribution in [0.4, 0.5) is 0 Å². The Balaban J connectivity index is 1.69. The number of thioether (sulfide) groups is 1. The fourth-order valence-electron chi connectivity index (χ4n) is 3.48. The Bertz CT molecular complexity index is 1420. The molecule has 0 radical (unpaired) electrons. The molecule has 5 aromatic rings. The first kappa shape index (κ1) is 19.8. The average Bonchev–Trinajstić information content (AvgIpc) is 3.46. The van der Waals surface area contributed by atoms with Crippen molar-refractivity contribution < 1.29 is 8.94 Å². The fourth-order valence-corrected chi connectivity index (χ4v) is 5.61. The molecule has 156 valence electrons. The Morgan fingerprint density at radius 2 is 1.90 bits per heavy atom. The fraction of sp³-hybridized carbons (Fsp3) is 0.174. The van der Waals surface area contributed by atoms with E-state index in [1.807, 2.05) is 68.6 Å². The van der Waals surface area contributed by atoms with Gasteiger partial charge in [0.15, 0.2) is 5.16 Å². The zero-order chi connectivity index (χ0) is 21.5. The molecule has 31 heavy (non-hydrogen) atoms. The third-order valence-corrected chi connectivity index (χ3v) is 6.96. The van der Waals surface area contributed by atoms with E-state index in [4.69, 9.17) is 13.9 Å². The lowest BCUT2D eigenvalue weighted by atomic mass is 10.2. The van der Waals surface area contributed by atoms with Gasteiger partial charge in [0.1, 0.15) is 22.1 Å². The molecule has 8 heteroatoms. The number of benzene rings is 1. The average molecular weight is 450 g/mol. The van der Waals surface area contributed by atoms with Gasteiger partial charge in [-0.2, -0.15) is 0 Å². The highest BCUT2D eigenvalue weighted by Gasteiger charge is 2.20. The van der Waals surface area contributed by atoms with Gasteiger partial charge in [-0.1, -0.05) is 35.1 Å². The maximum Gasteiger partial charge on any atom is 0.268 e. The lowest BCUT2D eigenvalue weighted by Crippen LogP contribution is -2.21. The number of hydrogen-bond donors (Lipinski definition) is 0. The van der Waals surface area contributed by atoms with Crippen LogP contribution in [-0.2, 0) is 5.75 Å². The minimum Gasteiger partial charge on any atom is -0.461 e. The molecule has 0 aliphatic carbocycles. The Hall–Kier alpha value is -3.10. The van der Waals surface area contributed by atoms with Crippen LogP contribution in [0.1, 0.15) is 22.8 Å². The molecule has 0 aliphatic heterocycles. The van der Waals surface area contributed by atoms with Crippen molar-refractivity contribution in [2.45, 2.75) is 31.7 Å². The largest absolute Gasteiger partial charge is 0.461 e. The summed E-state index contributed by atoms with van der Waals surface area (Å²) in [4.78, 5) is 19.3. The third-order valence-electron chi connectivity index (χ3n) is 5.12. The van der Waals surface area contributed by atoms with Gasteiger partial charge in [-0.3, -0.25) is 9.36 Å². The molecule has 0 saturated heterocycles. The van der Waals surface area contributed by atoms with Gasteiger partial charge in [0.2, 0.25) is 0 Å². The Kier molecular flexibility index (Phi) is 5.03. The SMILES string of the molecule is Cc1ccc(-c2csc3nc(SCc4c(C)noc4C)n(-c4ccccc4)c(=O)c23)o1. The first-order valence-corrected chi connectivity index (χ1v) is 11.6. The monoisotopic (exact) mass is 449 g/mol. The maximum absolute atomic E-state index is 13.8. The highest BCUT2D eigenvalue weighted by atomic mass is 32.2. The highest BCUT2D eigenvalue weighted by molar-refractivity contribution is 7.98. The van der Waals surface area contributed by atoms with Gasteiger partial charge in [-0.05, 0) is 45.0 Å². The van der Waals surface area contributed by atoms with Gasteiger partial charge in [-0.15, -0.1) is 11.3 Å². The first-order valence-electron chi connectivity index (χ1n) is 9.74. The smallest absolute Gasteiger partial charge is 0.268 e. The van der Waals surface area contributed by atoms with E-state index in [9.17, 15) is 4.79 Å². The van der Waals surface area contributed by atoms with Crippen LogP contribution in [0.3, 0.4) is 0 Å². The van der Waals surface area contributed by atoms with Crippen molar-refractivity contribution in [1.82, 2.24) is 14.7 Å². The number of furan rings is 1. The molecule has 5 rings (SSSR count). The number of aryl methyl sites for hydroxylation is 3. The third kappa shape index (κ3) is 3.51. The van der Waals surface area contributed by atoms with Gasteiger partial charge in [-0.25, -0.2) is 4.98 Å². The van der Waals surface area contributed by atoms with Gasteiger partial charge in [0, 0.05) is 22.3 Å². The molecule has 0 saturated carbocycles. The predicted molar refractivity (Wildman–Crippen MR) is 123 cm³/mol. The molecule has 4 aromatic heterocycles. The van der Waals surface area contributed by atoms with Crippen LogP contribution in [0.15, 0.2) is 66.7 Å². The zero-order valence-corrected chi connectivity index (χ0v) is 18.8. The Labute approximate surface area is 186 Å². The number of aromatic nitrogens is 3. The molecule has 1 aromatic carbocycles. The van der Waals surface area contributed by atoms with E-state index >= 15 is 0 Å². The summed E-state index contributed by atoms with van der Waals surface area (Å²) in [5, 5.41) is 7.18. The molecule has 0 bridgehead atoms. The molecule has 6 nitrogen and oxygen atoms in total. The minimum absolute atomic E-state index is 0.109. The molecule has 0 aliphatic rings. The van der Waals surface area contributed by atoms with Gasteiger partial charge >= 0.3 is 0 Å². The van der Waals surface area contributed by atoms with E-state index in [0.29, 0.717) is 26.9 Å². The maximum atomic E-state index is 13.8. The standard InChI is InChI=1S/C23H19N3O3S2/c1-13-9-10-19(28-13)18-12-30-21-20(18)22(27)26(16-7-5-4-6-8-16)23(24-21)31-11-17-14(2)25-29-15(17)3/h4-10,12H,11H2,1-3H3. The number of nitrogens with zero attached hydrogens (tertiary/aromatic N) is 3. The summed E-state index contributed by atoms with van der Waals surface area (Å²) in [5.41, 5.74) is 3.32. The molecule has 0 N–H and O–H groups in total. The predicted octanol–water partition coefficient (Wildman–Crippen LogP) is 5.91. The molecular weight excluding hydrogens is 430 g/mol. The van der Waals surface area contributed by atoms with Crippen molar-refractivity contribution in [2.75, 3.05) is 0 Å². The molecular formula is C23H19N3O3S2. The topological polar surface area (TPSA) is 74.1 Å². The lowest BCUT2D eigenvalue weighted by molar-refractivity contribution is 0.392. The first-order chi connectivity index (χ1) is 15.0. The van der Waals surface area contributed by atoms with Crippen LogP contribution in [0.2, 0.25) is 0 Å². The van der Waals surface area contributed by atoms with Crippen molar-refractivity contribution in [1.29, 1.82) is 0 Å². The number of fused-ring (bicyclic) bond motifs is 1. The second kappa shape index (κ2) is 7.86. The summed E-state index contributed by atoms with van der Waals surface area (Å²) >= 11 is 2.95. The second-order valence-electron chi connectivity index (χ2n) is 7.20. The van der Waals surface area contributed by atoms with Gasteiger partial charge in [0.25, 0.3) is 5.56 Å². The van der Waals surface area contributed by atoms with Crippen molar-refractivity contribution >= 4 is 33.3 Å². The van der Waals surface area contributed by atoms with E-state index in [-0.39, 0.29) is 5.56 Å². The summed E-state index contributed by atoms with van der Waals surface area (Å²) in [6.45, 7) is 5.71. The molecule has 0 atom stereocenters. The number of hydrogen-bond acceptors (Lipinski definition) is 7. The summed E-state index contributed by atoms with van der Waals surface area (Å²) in [7, 11) is 0. The number of rotatable bonds is 5. The quantitative estimate of drug-likeness (QED) is 0.245. The van der Waals surface area contributed by atoms with Crippen LogP contribution < -0.4 is 5.56 Å². The van der Waals surface area contributed by atoms with Gasteiger partial charge in [0.05, 0.1) is 16.8 Å². The van der Waals surface area contributed by atoms with Crippen molar-refractivity contribution in [3.05, 3.63) is 81.0 Å². The summed E-state index contributed by atoms with van der Waals surface area (Å²) in [6, 6.07) is 13.4. The van der Waals surface area contributed by atoms with E-state index < -0.39 is 0 Å². The molecule has 4 heterocycles. The molecule has 0 spiro atoms. The minimum atomic E-state index is -0.109. The molecule has 0 amide bonds. The van der Waals surface area contributed by atoms with E-state index in [1.54, 1.807) is 4.57 Å². The van der Waals surface area contributed by atoms with Crippen LogP contribution in [0, 0.1) is 20.8 Å². The summed E-state index contributed by atoms with van der Waals surface area (Å²) < 4.78 is 12.8. The lowest BCUT2D eigenvalue weighted by Gasteiger charge is -2.12. The van der Waals surface area contributed by atoms with E-state index in [1.165, 1.54) is 23.1 Å². The van der Waals surface area contributed by atoms with Crippen molar-refractivity contribution in [3.8, 4) is 17.0 Å². The van der Waals surface area contributed by atoms with Crippen molar-refractivity contribution in [3.63, 3.8) is 0 Å². The zero-order valence-electron chi connectivity index (χ0n) is 17.2. The van der Waals surface area contributed by atoms with Crippen molar-refractivity contribution in [2.24, 2.45) is 0 Å². The van der Waals surface area contributed by atoms with Crippen LogP contribution in [0.25, 0.3) is 27.2 Å².